The van der Waals surface area contributed by atoms with Gasteiger partial charge in [-0.3, -0.25) is 0 Å². The van der Waals surface area contributed by atoms with E-state index in [1.54, 1.807) is 0 Å². The molecule has 0 aliphatic carbocycles. The fourth-order valence-corrected chi connectivity index (χ4v) is 2.24. The summed E-state index contributed by atoms with van der Waals surface area (Å²) in [5.74, 6) is 2.46. The molecule has 0 unspecified atom stereocenters. The highest BCUT2D eigenvalue weighted by atomic mass is 79.9. The van der Waals surface area contributed by atoms with E-state index in [1.807, 2.05) is 24.2 Å². The molecule has 54 valence electrons. The predicted molar refractivity (Wildman–Crippen MR) is 46.3 cm³/mol. The second-order valence-electron chi connectivity index (χ2n) is 2.29. The summed E-state index contributed by atoms with van der Waals surface area (Å²) < 4.78 is 3.13. The summed E-state index contributed by atoms with van der Waals surface area (Å²) >= 11 is 5.37. The van der Waals surface area contributed by atoms with E-state index in [2.05, 4.69) is 25.5 Å². The van der Waals surface area contributed by atoms with Gasteiger partial charge >= 0.3 is 0 Å². The number of halogens is 1. The van der Waals surface area contributed by atoms with Gasteiger partial charge in [0.1, 0.15) is 0 Å². The Morgan fingerprint density at radius 2 is 2.50 bits per heavy atom. The summed E-state index contributed by atoms with van der Waals surface area (Å²) in [5, 5.41) is 0. The molecule has 1 aromatic heterocycles. The lowest BCUT2D eigenvalue weighted by molar-refractivity contribution is 0.580. The van der Waals surface area contributed by atoms with Crippen molar-refractivity contribution in [3.05, 3.63) is 17.1 Å². The fraction of sp³-hybridized carbons (Fsp3) is 0.500. The molecule has 0 bridgehead atoms. The van der Waals surface area contributed by atoms with Gasteiger partial charge in [-0.15, -0.1) is 0 Å². The molecule has 0 atom stereocenters. The van der Waals surface area contributed by atoms with Crippen molar-refractivity contribution in [1.82, 2.24) is 9.55 Å². The Labute approximate surface area is 72.1 Å². The van der Waals surface area contributed by atoms with Crippen LogP contribution in [0.2, 0.25) is 0 Å². The van der Waals surface area contributed by atoms with Gasteiger partial charge in [0.05, 0.1) is 6.04 Å². The van der Waals surface area contributed by atoms with Gasteiger partial charge in [0.25, 0.3) is 0 Å². The van der Waals surface area contributed by atoms with Crippen molar-refractivity contribution in [2.24, 2.45) is 0 Å². The van der Waals surface area contributed by atoms with Crippen LogP contribution >= 0.6 is 27.7 Å². The molecule has 0 N–H and O–H groups in total. The summed E-state index contributed by atoms with van der Waals surface area (Å²) in [5.41, 5.74) is 0. The molecule has 0 spiro atoms. The number of hydrogen-bond donors (Lipinski definition) is 0. The first-order valence-corrected chi connectivity index (χ1v) is 5.09. The van der Waals surface area contributed by atoms with Gasteiger partial charge < -0.3 is 4.57 Å². The van der Waals surface area contributed by atoms with E-state index in [9.17, 15) is 0 Å². The van der Waals surface area contributed by atoms with Gasteiger partial charge in [-0.1, -0.05) is 0 Å². The van der Waals surface area contributed by atoms with Crippen LogP contribution in [0.1, 0.15) is 6.04 Å². The van der Waals surface area contributed by atoms with Crippen molar-refractivity contribution in [3.8, 4) is 0 Å². The average Bonchev–Trinajstić information content (AvgIpc) is 2.12. The Kier molecular flexibility index (Phi) is 1.74. The van der Waals surface area contributed by atoms with E-state index >= 15 is 0 Å². The quantitative estimate of drug-likeness (QED) is 0.718. The van der Waals surface area contributed by atoms with E-state index in [-0.39, 0.29) is 0 Å². The normalized spacial score (nSPS) is 18.9. The Balaban J connectivity index is 2.23. The third-order valence-corrected chi connectivity index (χ3v) is 3.49. The number of hydrogen-bond acceptors (Lipinski definition) is 2. The zero-order valence-electron chi connectivity index (χ0n) is 5.33. The molecular weight excluding hydrogens is 212 g/mol. The standard InChI is InChI=1S/C6H7BrN2S/c7-6-8-1-2-9(6)5-3-10-4-5/h1-2,5H,3-4H2. The van der Waals surface area contributed by atoms with Gasteiger partial charge in [0, 0.05) is 23.9 Å². The Morgan fingerprint density at radius 3 is 2.90 bits per heavy atom. The molecule has 1 aliphatic rings. The third kappa shape index (κ3) is 0.992. The fourth-order valence-electron chi connectivity index (χ4n) is 0.951. The SMILES string of the molecule is Brc1nccn1C1CSC1. The molecule has 0 aromatic carbocycles. The van der Waals surface area contributed by atoms with E-state index in [1.165, 1.54) is 11.5 Å². The second kappa shape index (κ2) is 2.58. The van der Waals surface area contributed by atoms with Crippen LogP contribution in [-0.2, 0) is 0 Å². The molecule has 1 aliphatic heterocycles. The summed E-state index contributed by atoms with van der Waals surface area (Å²) in [4.78, 5) is 4.09. The minimum absolute atomic E-state index is 0.682. The maximum atomic E-state index is 4.09. The van der Waals surface area contributed by atoms with Crippen LogP contribution in [0.4, 0.5) is 0 Å². The molecule has 2 rings (SSSR count). The molecular formula is C6H7BrN2S. The summed E-state index contributed by atoms with van der Waals surface area (Å²) in [6.45, 7) is 0. The smallest absolute Gasteiger partial charge is 0.177 e. The van der Waals surface area contributed by atoms with Gasteiger partial charge in [0.15, 0.2) is 4.73 Å². The molecule has 0 amide bonds. The van der Waals surface area contributed by atoms with Crippen molar-refractivity contribution in [2.45, 2.75) is 6.04 Å². The summed E-state index contributed by atoms with van der Waals surface area (Å²) in [6.07, 6.45) is 3.85. The van der Waals surface area contributed by atoms with E-state index in [0.717, 1.165) is 4.73 Å². The minimum Gasteiger partial charge on any atom is -0.321 e. The van der Waals surface area contributed by atoms with Crippen LogP contribution in [0.25, 0.3) is 0 Å². The second-order valence-corrected chi connectivity index (χ2v) is 4.08. The van der Waals surface area contributed by atoms with Gasteiger partial charge in [0.2, 0.25) is 0 Å². The van der Waals surface area contributed by atoms with Gasteiger partial charge in [-0.2, -0.15) is 11.8 Å². The highest BCUT2D eigenvalue weighted by Crippen LogP contribution is 2.30. The lowest BCUT2D eigenvalue weighted by Crippen LogP contribution is -2.22. The summed E-state index contributed by atoms with van der Waals surface area (Å²) in [6, 6.07) is 0.682. The Morgan fingerprint density at radius 1 is 1.70 bits per heavy atom. The first-order chi connectivity index (χ1) is 4.88. The minimum atomic E-state index is 0.682. The zero-order valence-corrected chi connectivity index (χ0v) is 7.73. The van der Waals surface area contributed by atoms with Crippen LogP contribution in [0.15, 0.2) is 17.1 Å². The molecule has 1 fully saturated rings. The van der Waals surface area contributed by atoms with Gasteiger partial charge in [-0.25, -0.2) is 4.98 Å². The average molecular weight is 219 g/mol. The highest BCUT2D eigenvalue weighted by Gasteiger charge is 2.20. The van der Waals surface area contributed by atoms with Crippen molar-refractivity contribution in [3.63, 3.8) is 0 Å². The molecule has 1 saturated heterocycles. The molecule has 10 heavy (non-hydrogen) atoms. The van der Waals surface area contributed by atoms with Crippen molar-refractivity contribution in [2.75, 3.05) is 11.5 Å². The molecule has 1 aromatic rings. The lowest BCUT2D eigenvalue weighted by Gasteiger charge is -2.26. The molecule has 0 radical (unpaired) electrons. The first-order valence-electron chi connectivity index (χ1n) is 3.14. The number of imidazole rings is 1. The number of thioether (sulfide) groups is 1. The summed E-state index contributed by atoms with van der Waals surface area (Å²) in [7, 11) is 0. The third-order valence-electron chi connectivity index (χ3n) is 1.64. The zero-order chi connectivity index (χ0) is 6.97. The van der Waals surface area contributed by atoms with Crippen LogP contribution in [0, 0.1) is 0 Å². The number of aromatic nitrogens is 2. The van der Waals surface area contributed by atoms with Crippen LogP contribution < -0.4 is 0 Å². The van der Waals surface area contributed by atoms with Crippen molar-refractivity contribution < 1.29 is 0 Å². The van der Waals surface area contributed by atoms with Crippen LogP contribution in [-0.4, -0.2) is 21.1 Å². The van der Waals surface area contributed by atoms with Crippen LogP contribution in [0.3, 0.4) is 0 Å². The molecule has 2 heterocycles. The number of rotatable bonds is 1. The Bertz CT molecular complexity index is 231. The Hall–Kier alpha value is 0.0400. The van der Waals surface area contributed by atoms with E-state index in [4.69, 9.17) is 0 Å². The highest BCUT2D eigenvalue weighted by molar-refractivity contribution is 9.10. The molecule has 0 saturated carbocycles. The lowest BCUT2D eigenvalue weighted by atomic mass is 10.4. The topological polar surface area (TPSA) is 17.8 Å². The maximum absolute atomic E-state index is 4.09. The molecule has 4 heteroatoms. The van der Waals surface area contributed by atoms with Crippen LogP contribution in [0.5, 0.6) is 0 Å². The van der Waals surface area contributed by atoms with Gasteiger partial charge in [-0.05, 0) is 15.9 Å². The van der Waals surface area contributed by atoms with Crippen molar-refractivity contribution in [1.29, 1.82) is 0 Å². The number of nitrogens with zero attached hydrogens (tertiary/aromatic N) is 2. The van der Waals surface area contributed by atoms with E-state index < -0.39 is 0 Å². The monoisotopic (exact) mass is 218 g/mol. The van der Waals surface area contributed by atoms with Crippen molar-refractivity contribution >= 4 is 27.7 Å². The first kappa shape index (κ1) is 6.73. The predicted octanol–water partition coefficient (Wildman–Crippen LogP) is 1.93. The van der Waals surface area contributed by atoms with E-state index in [0.29, 0.717) is 6.04 Å². The largest absolute Gasteiger partial charge is 0.321 e. The molecule has 2 nitrogen and oxygen atoms in total. The maximum Gasteiger partial charge on any atom is 0.177 e.